The number of H-pyrrole nitrogens is 1. The second-order valence-corrected chi connectivity index (χ2v) is 23.7. The summed E-state index contributed by atoms with van der Waals surface area (Å²) in [5, 5.41) is 26.8. The van der Waals surface area contributed by atoms with E-state index in [4.69, 9.17) is 23.9 Å². The van der Waals surface area contributed by atoms with Gasteiger partial charge in [0, 0.05) is 55.6 Å². The van der Waals surface area contributed by atoms with Crippen LogP contribution in [0, 0.1) is 21.4 Å². The first-order chi connectivity index (χ1) is 35.6. The van der Waals surface area contributed by atoms with Gasteiger partial charge in [-0.05, 0) is 129 Å². The van der Waals surface area contributed by atoms with E-state index in [1.807, 2.05) is 36.1 Å². The zero-order valence-corrected chi connectivity index (χ0v) is 43.3. The fourth-order valence-electron chi connectivity index (χ4n) is 12.4. The molecule has 18 nitrogen and oxygen atoms in total. The zero-order valence-electron chi connectivity index (χ0n) is 42.5. The Kier molecular flexibility index (Phi) is 13.9. The van der Waals surface area contributed by atoms with Crippen LogP contribution in [-0.2, 0) is 24.2 Å². The Morgan fingerprint density at radius 2 is 1.72 bits per heavy atom. The summed E-state index contributed by atoms with van der Waals surface area (Å²) < 4.78 is 55.6. The highest BCUT2D eigenvalue weighted by Crippen LogP contribution is 2.53. The molecule has 1 amide bonds. The van der Waals surface area contributed by atoms with Crippen LogP contribution < -0.4 is 24.6 Å². The average Bonchev–Trinajstić information content (AvgIpc) is 3.65. The predicted octanol–water partition coefficient (Wildman–Crippen LogP) is 8.20. The van der Waals surface area contributed by atoms with Gasteiger partial charge in [-0.3, -0.25) is 19.8 Å². The van der Waals surface area contributed by atoms with Gasteiger partial charge in [-0.2, -0.15) is 4.98 Å². The molecule has 2 saturated carbocycles. The number of aromatic nitrogens is 2. The molecule has 3 aromatic carbocycles. The third kappa shape index (κ3) is 10.2. The standard InChI is InChI=1S/C55H68N8O10S/c1-35(2)41-6-4-5-7-42(41)48-33-70-23-22-61(48)39-29-55(30-39)17-20-60(21-18-55)38-8-10-43(45(27-38)62-32-49-50(34-71-24-25-72-49)73-53-47(62)26-37-14-19-56-51(37)58-53)52(64)59-74(68,69)40-9-11-44(46(28-40)63(66)67)57-31-36-12-15-54(3,65)16-13-36/h4-11,14,19,26-28,35-36,39,48-50,57,65H,12-13,15-18,20-25,29-34H2,1-3H3,(H,56,58)(H,59,64)/t36-,48-,49+,50-,54-/m0/s1. The number of morpholine rings is 1. The summed E-state index contributed by atoms with van der Waals surface area (Å²) in [5.41, 5.74) is 4.54. The molecule has 2 aliphatic carbocycles. The quantitative estimate of drug-likeness (QED) is 0.0685. The summed E-state index contributed by atoms with van der Waals surface area (Å²) in [6.45, 7) is 11.9. The van der Waals surface area contributed by atoms with Crippen molar-refractivity contribution in [2.45, 2.75) is 113 Å². The molecule has 74 heavy (non-hydrogen) atoms. The van der Waals surface area contributed by atoms with Gasteiger partial charge in [0.15, 0.2) is 6.10 Å². The van der Waals surface area contributed by atoms with Crippen molar-refractivity contribution < 1.29 is 42.2 Å². The lowest BCUT2D eigenvalue weighted by Crippen LogP contribution is -2.58. The lowest BCUT2D eigenvalue weighted by Gasteiger charge is -2.57. The van der Waals surface area contributed by atoms with Crippen molar-refractivity contribution in [3.05, 3.63) is 106 Å². The maximum Gasteiger partial charge on any atom is 0.293 e. The van der Waals surface area contributed by atoms with E-state index in [1.54, 1.807) is 12.3 Å². The van der Waals surface area contributed by atoms with Crippen molar-refractivity contribution in [2.24, 2.45) is 11.3 Å². The molecule has 4 N–H and O–H groups in total. The third-order valence-corrected chi connectivity index (χ3v) is 18.1. The summed E-state index contributed by atoms with van der Waals surface area (Å²) in [4.78, 5) is 41.1. The number of piperidine rings is 1. The largest absolute Gasteiger partial charge is 0.467 e. The van der Waals surface area contributed by atoms with Crippen LogP contribution in [-0.4, -0.2) is 129 Å². The molecule has 5 fully saturated rings. The minimum atomic E-state index is -4.65. The SMILES string of the molecule is CC(C)c1ccccc1[C@@H]1COCCN1C1CC2(CCN(c3ccc(C(=O)NS(=O)(=O)c4ccc(NC[C@H]5CC[C@](C)(O)CC5)c([N+](=O)[O-])c4)c(N4C[C@H]5OCCOC[C@@H]5Oc5nc6[nH]ccc6cc54)c3)CC2)C1. The number of sulfonamides is 1. The molecule has 5 aromatic rings. The van der Waals surface area contributed by atoms with Crippen molar-refractivity contribution in [3.8, 4) is 5.88 Å². The maximum atomic E-state index is 14.7. The number of rotatable bonds is 12. The third-order valence-electron chi connectivity index (χ3n) is 16.8. The van der Waals surface area contributed by atoms with Crippen molar-refractivity contribution in [3.63, 3.8) is 0 Å². The molecule has 0 unspecified atom stereocenters. The lowest BCUT2D eigenvalue weighted by molar-refractivity contribution is -0.384. The number of aliphatic hydroxyl groups is 1. The number of pyridine rings is 1. The zero-order chi connectivity index (χ0) is 51.4. The van der Waals surface area contributed by atoms with Gasteiger partial charge >= 0.3 is 0 Å². The molecule has 0 bridgehead atoms. The van der Waals surface area contributed by atoms with E-state index < -0.39 is 49.2 Å². The molecule has 3 atom stereocenters. The molecule has 1 spiro atoms. The van der Waals surface area contributed by atoms with Crippen LogP contribution in [0.4, 0.5) is 28.4 Å². The molecular weight excluding hydrogens is 965 g/mol. The Morgan fingerprint density at radius 3 is 2.50 bits per heavy atom. The summed E-state index contributed by atoms with van der Waals surface area (Å²) in [7, 11) is -4.65. The van der Waals surface area contributed by atoms with E-state index in [9.17, 15) is 28.4 Å². The van der Waals surface area contributed by atoms with E-state index in [0.29, 0.717) is 74.1 Å². The van der Waals surface area contributed by atoms with Gasteiger partial charge in [0.25, 0.3) is 21.6 Å². The number of hydrogen-bond acceptors (Lipinski definition) is 15. The number of nitro groups is 1. The second kappa shape index (κ2) is 20.4. The summed E-state index contributed by atoms with van der Waals surface area (Å²) in [6.07, 6.45) is 7.79. The number of carbonyl (C=O) groups excluding carboxylic acids is 1. The highest BCUT2D eigenvalue weighted by Gasteiger charge is 2.50. The van der Waals surface area contributed by atoms with Crippen LogP contribution in [0.25, 0.3) is 11.0 Å². The van der Waals surface area contributed by atoms with Gasteiger partial charge in [-0.1, -0.05) is 38.1 Å². The first-order valence-electron chi connectivity index (χ1n) is 26.4. The first kappa shape index (κ1) is 50.3. The van der Waals surface area contributed by atoms with E-state index >= 15 is 0 Å². The van der Waals surface area contributed by atoms with Crippen LogP contribution in [0.3, 0.4) is 0 Å². The normalized spacial score (nSPS) is 25.6. The Balaban J connectivity index is 0.872. The number of nitrogens with zero attached hydrogens (tertiary/aromatic N) is 5. The molecule has 3 saturated heterocycles. The molecule has 2 aromatic heterocycles. The van der Waals surface area contributed by atoms with Gasteiger partial charge in [-0.15, -0.1) is 0 Å². The van der Waals surface area contributed by atoms with E-state index in [2.05, 4.69) is 62.9 Å². The number of carbonyl (C=O) groups is 1. The number of amides is 1. The van der Waals surface area contributed by atoms with Gasteiger partial charge in [0.2, 0.25) is 5.88 Å². The van der Waals surface area contributed by atoms with E-state index in [1.165, 1.54) is 23.3 Å². The number of nitro benzene ring substituents is 1. The van der Waals surface area contributed by atoms with Gasteiger partial charge in [0.1, 0.15) is 23.1 Å². The monoisotopic (exact) mass is 1030 g/mol. The average molecular weight is 1030 g/mol. The summed E-state index contributed by atoms with van der Waals surface area (Å²) in [5.74, 6) is 0.000774. The molecule has 4 aliphatic heterocycles. The Labute approximate surface area is 432 Å². The van der Waals surface area contributed by atoms with Crippen molar-refractivity contribution in [1.29, 1.82) is 0 Å². The van der Waals surface area contributed by atoms with Gasteiger partial charge in [0.05, 0.1) is 72.3 Å². The van der Waals surface area contributed by atoms with Gasteiger partial charge in [-0.25, -0.2) is 13.1 Å². The summed E-state index contributed by atoms with van der Waals surface area (Å²) in [6, 6.07) is 22.5. The summed E-state index contributed by atoms with van der Waals surface area (Å²) >= 11 is 0. The molecular formula is C55H68N8O10S. The number of aromatic amines is 1. The number of ether oxygens (including phenoxy) is 4. The van der Waals surface area contributed by atoms with Crippen LogP contribution in [0.2, 0.25) is 0 Å². The van der Waals surface area contributed by atoms with Gasteiger partial charge < -0.3 is 44.2 Å². The van der Waals surface area contributed by atoms with Crippen LogP contribution in [0.15, 0.2) is 83.9 Å². The van der Waals surface area contributed by atoms with E-state index in [-0.39, 0.29) is 41.8 Å². The van der Waals surface area contributed by atoms with Crippen molar-refractivity contribution >= 4 is 55.4 Å². The lowest BCUT2D eigenvalue weighted by atomic mass is 9.59. The van der Waals surface area contributed by atoms with Crippen molar-refractivity contribution in [1.82, 2.24) is 19.6 Å². The Hall–Kier alpha value is -5.83. The predicted molar refractivity (Wildman–Crippen MR) is 281 cm³/mol. The molecule has 0 radical (unpaired) electrons. The number of fused-ring (bicyclic) bond motifs is 3. The Morgan fingerprint density at radius 1 is 0.932 bits per heavy atom. The smallest absolute Gasteiger partial charge is 0.293 e. The topological polar surface area (TPSA) is 214 Å². The second-order valence-electron chi connectivity index (χ2n) is 22.0. The highest BCUT2D eigenvalue weighted by molar-refractivity contribution is 7.90. The first-order valence-corrected chi connectivity index (χ1v) is 27.9. The highest BCUT2D eigenvalue weighted by atomic mass is 32.2. The molecule has 394 valence electrons. The molecule has 19 heteroatoms. The Bertz CT molecular complexity index is 2990. The minimum Gasteiger partial charge on any atom is -0.467 e. The molecule has 6 aliphatic rings. The van der Waals surface area contributed by atoms with Crippen molar-refractivity contribution in [2.75, 3.05) is 80.9 Å². The number of anilines is 4. The van der Waals surface area contributed by atoms with Crippen LogP contribution in [0.1, 0.15) is 106 Å². The fraction of sp³-hybridized carbons (Fsp3) is 0.527. The fourth-order valence-corrected chi connectivity index (χ4v) is 13.4. The molecule has 6 heterocycles. The number of benzene rings is 3. The van der Waals surface area contributed by atoms with Crippen LogP contribution in [0.5, 0.6) is 5.88 Å². The molecule has 11 rings (SSSR count). The maximum absolute atomic E-state index is 14.7. The number of hydrogen-bond donors (Lipinski definition) is 4. The minimum absolute atomic E-state index is 0.0643. The van der Waals surface area contributed by atoms with E-state index in [0.717, 1.165) is 81.9 Å². The number of nitrogens with one attached hydrogen (secondary N) is 3. The van der Waals surface area contributed by atoms with Crippen LogP contribution >= 0.6 is 0 Å².